The zero-order valence-electron chi connectivity index (χ0n) is 14.1. The highest BCUT2D eigenvalue weighted by Crippen LogP contribution is 2.34. The summed E-state index contributed by atoms with van der Waals surface area (Å²) in [5.41, 5.74) is 0.257. The average Bonchev–Trinajstić information content (AvgIpc) is 3.09. The first-order chi connectivity index (χ1) is 11.5. The number of sulfone groups is 1. The second kappa shape index (κ2) is 6.84. The smallest absolute Gasteiger partial charge is 0.251 e. The van der Waals surface area contributed by atoms with Gasteiger partial charge in [-0.1, -0.05) is 12.8 Å². The average molecular weight is 351 g/mol. The van der Waals surface area contributed by atoms with Gasteiger partial charge in [-0.15, -0.1) is 0 Å². The van der Waals surface area contributed by atoms with Crippen molar-refractivity contribution in [2.75, 3.05) is 13.7 Å². The van der Waals surface area contributed by atoms with Crippen LogP contribution in [0.15, 0.2) is 29.2 Å². The number of rotatable bonds is 6. The molecule has 0 atom stereocenters. The topological polar surface area (TPSA) is 72.5 Å². The molecule has 0 saturated heterocycles. The molecule has 1 aromatic rings. The third-order valence-electron chi connectivity index (χ3n) is 5.45. The van der Waals surface area contributed by atoms with E-state index in [2.05, 4.69) is 5.32 Å². The van der Waals surface area contributed by atoms with Crippen molar-refractivity contribution < 1.29 is 17.9 Å². The van der Waals surface area contributed by atoms with E-state index in [0.29, 0.717) is 17.0 Å². The lowest BCUT2D eigenvalue weighted by Gasteiger charge is -2.40. The minimum atomic E-state index is -3.27. The molecule has 6 heteroatoms. The minimum absolute atomic E-state index is 0.192. The zero-order valence-corrected chi connectivity index (χ0v) is 14.9. The number of benzene rings is 1. The van der Waals surface area contributed by atoms with Gasteiger partial charge in [0, 0.05) is 19.2 Å². The Kier molecular flexibility index (Phi) is 4.97. The fourth-order valence-corrected chi connectivity index (χ4v) is 5.41. The SMILES string of the molecule is COC1(CNC(=O)c2ccc(S(=O)(=O)C3CCCC3)cc2)CCC1. The monoisotopic (exact) mass is 351 g/mol. The molecular weight excluding hydrogens is 326 g/mol. The Labute approximate surface area is 143 Å². The van der Waals surface area contributed by atoms with Crippen molar-refractivity contribution >= 4 is 15.7 Å². The van der Waals surface area contributed by atoms with Crippen LogP contribution in [-0.4, -0.2) is 38.8 Å². The minimum Gasteiger partial charge on any atom is -0.376 e. The van der Waals surface area contributed by atoms with Crippen molar-refractivity contribution in [2.45, 2.75) is 60.7 Å². The van der Waals surface area contributed by atoms with Crippen LogP contribution in [0, 0.1) is 0 Å². The van der Waals surface area contributed by atoms with Crippen LogP contribution >= 0.6 is 0 Å². The standard InChI is InChI=1S/C18H25NO4S/c1-23-18(11-4-12-18)13-19-17(20)14-7-9-16(10-8-14)24(21,22)15-5-2-3-6-15/h7-10,15H,2-6,11-13H2,1H3,(H,19,20). The van der Waals surface area contributed by atoms with E-state index in [-0.39, 0.29) is 16.8 Å². The molecule has 3 rings (SSSR count). The summed E-state index contributed by atoms with van der Waals surface area (Å²) in [6, 6.07) is 6.30. The summed E-state index contributed by atoms with van der Waals surface area (Å²) >= 11 is 0. The fraction of sp³-hybridized carbons (Fsp3) is 0.611. The van der Waals surface area contributed by atoms with Crippen molar-refractivity contribution in [3.05, 3.63) is 29.8 Å². The van der Waals surface area contributed by atoms with E-state index in [1.165, 1.54) is 0 Å². The summed E-state index contributed by atoms with van der Waals surface area (Å²) in [7, 11) is -1.59. The molecule has 1 amide bonds. The lowest BCUT2D eigenvalue weighted by Crippen LogP contribution is -2.49. The van der Waals surface area contributed by atoms with E-state index in [4.69, 9.17) is 4.74 Å². The van der Waals surface area contributed by atoms with Crippen molar-refractivity contribution in [1.29, 1.82) is 0 Å². The van der Waals surface area contributed by atoms with Crippen LogP contribution in [0.25, 0.3) is 0 Å². The highest BCUT2D eigenvalue weighted by Gasteiger charge is 2.37. The normalized spacial score (nSPS) is 20.5. The maximum absolute atomic E-state index is 12.5. The van der Waals surface area contributed by atoms with Crippen molar-refractivity contribution in [3.8, 4) is 0 Å². The summed E-state index contributed by atoms with van der Waals surface area (Å²) in [4.78, 5) is 12.6. The van der Waals surface area contributed by atoms with Crippen LogP contribution in [0.4, 0.5) is 0 Å². The lowest BCUT2D eigenvalue weighted by molar-refractivity contribution is -0.0679. The molecule has 1 aromatic carbocycles. The number of carbonyl (C=O) groups is 1. The van der Waals surface area contributed by atoms with Crippen molar-refractivity contribution in [2.24, 2.45) is 0 Å². The number of nitrogens with one attached hydrogen (secondary N) is 1. The molecule has 0 bridgehead atoms. The third kappa shape index (κ3) is 3.35. The number of hydrogen-bond acceptors (Lipinski definition) is 4. The van der Waals surface area contributed by atoms with Gasteiger partial charge in [0.15, 0.2) is 9.84 Å². The third-order valence-corrected chi connectivity index (χ3v) is 7.73. The Bertz CT molecular complexity index is 681. The Morgan fingerprint density at radius 1 is 1.17 bits per heavy atom. The first-order valence-corrected chi connectivity index (χ1v) is 10.2. The van der Waals surface area contributed by atoms with Gasteiger partial charge in [-0.05, 0) is 56.4 Å². The number of amides is 1. The second-order valence-electron chi connectivity index (χ2n) is 6.90. The molecule has 5 nitrogen and oxygen atoms in total. The van der Waals surface area contributed by atoms with Gasteiger partial charge in [0.05, 0.1) is 15.7 Å². The highest BCUT2D eigenvalue weighted by atomic mass is 32.2. The van der Waals surface area contributed by atoms with Crippen LogP contribution in [0.5, 0.6) is 0 Å². The van der Waals surface area contributed by atoms with E-state index in [9.17, 15) is 13.2 Å². The van der Waals surface area contributed by atoms with E-state index in [0.717, 1.165) is 44.9 Å². The lowest BCUT2D eigenvalue weighted by atomic mass is 9.80. The van der Waals surface area contributed by atoms with Crippen molar-refractivity contribution in [3.63, 3.8) is 0 Å². The number of carbonyl (C=O) groups excluding carboxylic acids is 1. The second-order valence-corrected chi connectivity index (χ2v) is 9.13. The van der Waals surface area contributed by atoms with Gasteiger partial charge in [0.2, 0.25) is 0 Å². The van der Waals surface area contributed by atoms with Gasteiger partial charge >= 0.3 is 0 Å². The maximum atomic E-state index is 12.5. The molecule has 1 N–H and O–H groups in total. The van der Waals surface area contributed by atoms with Gasteiger partial charge in [-0.25, -0.2) is 8.42 Å². The molecule has 2 aliphatic carbocycles. The predicted molar refractivity (Wildman–Crippen MR) is 91.8 cm³/mol. The Balaban J connectivity index is 1.64. The molecular formula is C18H25NO4S. The van der Waals surface area contributed by atoms with Crippen LogP contribution < -0.4 is 5.32 Å². The fourth-order valence-electron chi connectivity index (χ4n) is 3.55. The molecule has 0 aliphatic heterocycles. The molecule has 132 valence electrons. The summed E-state index contributed by atoms with van der Waals surface area (Å²) < 4.78 is 30.6. The Hall–Kier alpha value is -1.40. The molecule has 0 unspecified atom stereocenters. The van der Waals surface area contributed by atoms with Gasteiger partial charge < -0.3 is 10.1 Å². The van der Waals surface area contributed by atoms with Gasteiger partial charge in [0.1, 0.15) is 0 Å². The summed E-state index contributed by atoms with van der Waals surface area (Å²) in [6.07, 6.45) is 6.48. The number of ether oxygens (including phenoxy) is 1. The Morgan fingerprint density at radius 3 is 2.29 bits per heavy atom. The van der Waals surface area contributed by atoms with Gasteiger partial charge in [-0.2, -0.15) is 0 Å². The number of methoxy groups -OCH3 is 1. The molecule has 0 aromatic heterocycles. The van der Waals surface area contributed by atoms with E-state index >= 15 is 0 Å². The molecule has 24 heavy (non-hydrogen) atoms. The van der Waals surface area contributed by atoms with E-state index in [1.807, 2.05) is 0 Å². The predicted octanol–water partition coefficient (Wildman–Crippen LogP) is 2.70. The largest absolute Gasteiger partial charge is 0.376 e. The summed E-state index contributed by atoms with van der Waals surface area (Å²) in [5, 5.41) is 2.63. The van der Waals surface area contributed by atoms with Gasteiger partial charge in [-0.3, -0.25) is 4.79 Å². The molecule has 0 spiro atoms. The van der Waals surface area contributed by atoms with Crippen molar-refractivity contribution in [1.82, 2.24) is 5.32 Å². The van der Waals surface area contributed by atoms with Crippen LogP contribution in [0.1, 0.15) is 55.3 Å². The van der Waals surface area contributed by atoms with E-state index < -0.39 is 9.84 Å². The number of hydrogen-bond donors (Lipinski definition) is 1. The summed E-state index contributed by atoms with van der Waals surface area (Å²) in [6.45, 7) is 0.491. The molecule has 2 saturated carbocycles. The first-order valence-electron chi connectivity index (χ1n) is 8.64. The van der Waals surface area contributed by atoms with Crippen LogP contribution in [0.3, 0.4) is 0 Å². The quantitative estimate of drug-likeness (QED) is 0.855. The molecule has 2 fully saturated rings. The van der Waals surface area contributed by atoms with Gasteiger partial charge in [0.25, 0.3) is 5.91 Å². The molecule has 2 aliphatic rings. The van der Waals surface area contributed by atoms with Crippen LogP contribution in [0.2, 0.25) is 0 Å². The molecule has 0 radical (unpaired) electrons. The first kappa shape index (κ1) is 17.4. The molecule has 0 heterocycles. The van der Waals surface area contributed by atoms with Crippen LogP contribution in [-0.2, 0) is 14.6 Å². The zero-order chi connectivity index (χ0) is 17.2. The highest BCUT2D eigenvalue weighted by molar-refractivity contribution is 7.92. The maximum Gasteiger partial charge on any atom is 0.251 e. The summed E-state index contributed by atoms with van der Waals surface area (Å²) in [5.74, 6) is -0.192. The Morgan fingerprint density at radius 2 is 1.79 bits per heavy atom. The van der Waals surface area contributed by atoms with E-state index in [1.54, 1.807) is 31.4 Å².